The van der Waals surface area contributed by atoms with Crippen molar-refractivity contribution >= 4 is 51.0 Å². The van der Waals surface area contributed by atoms with Crippen LogP contribution < -0.4 is 16.4 Å². The molecule has 2 aromatic heterocycles. The van der Waals surface area contributed by atoms with Crippen LogP contribution in [0.4, 0.5) is 21.2 Å². The lowest BCUT2D eigenvalue weighted by Gasteiger charge is -2.09. The number of hydrogen-bond donors (Lipinski definition) is 4. The summed E-state index contributed by atoms with van der Waals surface area (Å²) in [6, 6.07) is 12.5. The quantitative estimate of drug-likeness (QED) is 0.518. The Morgan fingerprint density at radius 3 is 2.62 bits per heavy atom. The lowest BCUT2D eigenvalue weighted by Crippen LogP contribution is -2.11. The molecule has 24 heavy (non-hydrogen) atoms. The van der Waals surface area contributed by atoms with E-state index in [4.69, 9.17) is 10.8 Å². The Balaban J connectivity index is 1.80. The van der Waals surface area contributed by atoms with E-state index in [-0.39, 0.29) is 5.91 Å². The summed E-state index contributed by atoms with van der Waals surface area (Å²) in [7, 11) is 0. The maximum atomic E-state index is 12.3. The van der Waals surface area contributed by atoms with Crippen LogP contribution in [0.15, 0.2) is 47.8 Å². The minimum atomic E-state index is -1.17. The van der Waals surface area contributed by atoms with E-state index in [0.717, 1.165) is 21.8 Å². The second kappa shape index (κ2) is 6.73. The third kappa shape index (κ3) is 3.55. The highest BCUT2D eigenvalue weighted by Crippen LogP contribution is 2.31. The molecule has 3 rings (SSSR count). The summed E-state index contributed by atoms with van der Waals surface area (Å²) in [5.41, 5.74) is 7.89. The van der Waals surface area contributed by atoms with Crippen molar-refractivity contribution in [2.75, 3.05) is 16.4 Å². The van der Waals surface area contributed by atoms with Crippen LogP contribution in [0.2, 0.25) is 0 Å². The maximum absolute atomic E-state index is 12.3. The van der Waals surface area contributed by atoms with Crippen LogP contribution in [-0.4, -0.2) is 17.1 Å². The Kier molecular flexibility index (Phi) is 4.50. The van der Waals surface area contributed by atoms with E-state index in [1.54, 1.807) is 29.5 Å². The first kappa shape index (κ1) is 16.0. The Bertz CT molecular complexity index is 888. The normalized spacial score (nSPS) is 10.3. The van der Waals surface area contributed by atoms with Gasteiger partial charge < -0.3 is 16.2 Å². The molecule has 0 bridgehead atoms. The summed E-state index contributed by atoms with van der Waals surface area (Å²) < 4.78 is 0. The zero-order valence-electron chi connectivity index (χ0n) is 12.3. The van der Waals surface area contributed by atoms with Gasteiger partial charge in [-0.05, 0) is 41.3 Å². The van der Waals surface area contributed by atoms with Crippen molar-refractivity contribution < 1.29 is 14.7 Å². The van der Waals surface area contributed by atoms with Crippen LogP contribution in [0, 0.1) is 0 Å². The molecule has 3 aromatic rings. The standard InChI is InChI=1S/C16H13N3O3S2/c17-10-4-3-9(12-2-1-7-23-12)8-11(10)18-15(20)13-5-6-14(24-13)19-16(21)22/h1-8,19H,17H2,(H,18,20)(H,21,22). The molecule has 5 N–H and O–H groups in total. The predicted molar refractivity (Wildman–Crippen MR) is 98.1 cm³/mol. The molecule has 0 radical (unpaired) electrons. The molecule has 0 unspecified atom stereocenters. The second-order valence-corrected chi connectivity index (χ2v) is 6.86. The van der Waals surface area contributed by atoms with Crippen molar-refractivity contribution in [1.29, 1.82) is 0 Å². The number of nitrogens with two attached hydrogens (primary N) is 1. The number of amides is 2. The van der Waals surface area contributed by atoms with E-state index in [9.17, 15) is 9.59 Å². The fourth-order valence-electron chi connectivity index (χ4n) is 2.08. The van der Waals surface area contributed by atoms with Crippen LogP contribution in [0.5, 0.6) is 0 Å². The van der Waals surface area contributed by atoms with Crippen LogP contribution in [0.3, 0.4) is 0 Å². The SMILES string of the molecule is Nc1ccc(-c2cccs2)cc1NC(=O)c1ccc(NC(=O)O)s1. The molecule has 0 saturated carbocycles. The number of hydrogen-bond acceptors (Lipinski definition) is 5. The molecule has 8 heteroatoms. The number of anilines is 3. The molecule has 6 nitrogen and oxygen atoms in total. The van der Waals surface area contributed by atoms with E-state index in [1.165, 1.54) is 0 Å². The van der Waals surface area contributed by atoms with E-state index >= 15 is 0 Å². The number of carbonyl (C=O) groups is 2. The van der Waals surface area contributed by atoms with Gasteiger partial charge in [0.1, 0.15) is 0 Å². The van der Waals surface area contributed by atoms with E-state index in [2.05, 4.69) is 10.6 Å². The highest BCUT2D eigenvalue weighted by Gasteiger charge is 2.13. The predicted octanol–water partition coefficient (Wildman–Crippen LogP) is 4.40. The van der Waals surface area contributed by atoms with Crippen molar-refractivity contribution in [3.63, 3.8) is 0 Å². The molecular weight excluding hydrogens is 346 g/mol. The van der Waals surface area contributed by atoms with Crippen molar-refractivity contribution in [3.05, 3.63) is 52.7 Å². The zero-order chi connectivity index (χ0) is 17.1. The number of carbonyl (C=O) groups excluding carboxylic acids is 1. The van der Waals surface area contributed by atoms with Crippen molar-refractivity contribution in [3.8, 4) is 10.4 Å². The van der Waals surface area contributed by atoms with Gasteiger partial charge in [-0.3, -0.25) is 10.1 Å². The van der Waals surface area contributed by atoms with E-state index in [0.29, 0.717) is 21.3 Å². The first-order chi connectivity index (χ1) is 11.5. The van der Waals surface area contributed by atoms with Crippen molar-refractivity contribution in [2.24, 2.45) is 0 Å². The molecule has 122 valence electrons. The molecule has 0 aliphatic heterocycles. The molecule has 0 saturated heterocycles. The molecule has 0 aliphatic rings. The summed E-state index contributed by atoms with van der Waals surface area (Å²) in [5.74, 6) is -0.339. The van der Waals surface area contributed by atoms with Gasteiger partial charge in [0.05, 0.1) is 21.3 Å². The molecule has 2 heterocycles. The molecule has 0 spiro atoms. The van der Waals surface area contributed by atoms with Gasteiger partial charge in [0.2, 0.25) is 0 Å². The summed E-state index contributed by atoms with van der Waals surface area (Å²) in [6.45, 7) is 0. The Labute approximate surface area is 145 Å². The number of nitrogens with one attached hydrogen (secondary N) is 2. The van der Waals surface area contributed by atoms with Crippen LogP contribution in [-0.2, 0) is 0 Å². The zero-order valence-corrected chi connectivity index (χ0v) is 13.9. The smallest absolute Gasteiger partial charge is 0.409 e. The van der Waals surface area contributed by atoms with Crippen LogP contribution in [0.1, 0.15) is 9.67 Å². The van der Waals surface area contributed by atoms with E-state index in [1.807, 2.05) is 29.6 Å². The van der Waals surface area contributed by atoms with Gasteiger partial charge >= 0.3 is 6.09 Å². The summed E-state index contributed by atoms with van der Waals surface area (Å²) >= 11 is 2.65. The third-order valence-electron chi connectivity index (χ3n) is 3.17. The number of benzene rings is 1. The summed E-state index contributed by atoms with van der Waals surface area (Å²) in [5, 5.41) is 16.0. The van der Waals surface area contributed by atoms with Crippen molar-refractivity contribution in [2.45, 2.75) is 0 Å². The minimum absolute atomic E-state index is 0.339. The Hall–Kier alpha value is -2.84. The molecule has 1 aromatic carbocycles. The van der Waals surface area contributed by atoms with E-state index < -0.39 is 6.09 Å². The number of thiophene rings is 2. The highest BCUT2D eigenvalue weighted by molar-refractivity contribution is 7.18. The third-order valence-corrected chi connectivity index (χ3v) is 5.09. The highest BCUT2D eigenvalue weighted by atomic mass is 32.1. The van der Waals surface area contributed by atoms with Gasteiger partial charge in [0.25, 0.3) is 5.91 Å². The van der Waals surface area contributed by atoms with Gasteiger partial charge in [-0.15, -0.1) is 22.7 Å². The number of nitrogen functional groups attached to an aromatic ring is 1. The lowest BCUT2D eigenvalue weighted by molar-refractivity contribution is 0.103. The summed E-state index contributed by atoms with van der Waals surface area (Å²) in [4.78, 5) is 24.4. The maximum Gasteiger partial charge on any atom is 0.409 e. The second-order valence-electron chi connectivity index (χ2n) is 4.83. The first-order valence-corrected chi connectivity index (χ1v) is 8.57. The molecule has 0 aliphatic carbocycles. The monoisotopic (exact) mass is 359 g/mol. The largest absolute Gasteiger partial charge is 0.465 e. The average Bonchev–Trinajstić information content (AvgIpc) is 3.20. The minimum Gasteiger partial charge on any atom is -0.465 e. The van der Waals surface area contributed by atoms with Gasteiger partial charge in [-0.1, -0.05) is 12.1 Å². The van der Waals surface area contributed by atoms with Gasteiger partial charge in [0, 0.05) is 4.88 Å². The van der Waals surface area contributed by atoms with Crippen molar-refractivity contribution in [1.82, 2.24) is 0 Å². The Morgan fingerprint density at radius 1 is 1.08 bits per heavy atom. The van der Waals surface area contributed by atoms with Gasteiger partial charge in [-0.25, -0.2) is 4.79 Å². The summed E-state index contributed by atoms with van der Waals surface area (Å²) in [6.07, 6.45) is -1.17. The van der Waals surface area contributed by atoms with Gasteiger partial charge in [-0.2, -0.15) is 0 Å². The topological polar surface area (TPSA) is 104 Å². The van der Waals surface area contributed by atoms with Crippen LogP contribution in [0.25, 0.3) is 10.4 Å². The molecule has 2 amide bonds. The number of carboxylic acid groups (broad SMARTS) is 1. The molecule has 0 atom stereocenters. The van der Waals surface area contributed by atoms with Crippen LogP contribution >= 0.6 is 22.7 Å². The molecule has 0 fully saturated rings. The van der Waals surface area contributed by atoms with Gasteiger partial charge in [0.15, 0.2) is 0 Å². The average molecular weight is 359 g/mol. The molecular formula is C16H13N3O3S2. The fourth-order valence-corrected chi connectivity index (χ4v) is 3.59. The Morgan fingerprint density at radius 2 is 1.92 bits per heavy atom. The first-order valence-electron chi connectivity index (χ1n) is 6.87. The fraction of sp³-hybridized carbons (Fsp3) is 0. The number of rotatable bonds is 4. The lowest BCUT2D eigenvalue weighted by atomic mass is 10.1.